The highest BCUT2D eigenvalue weighted by Crippen LogP contribution is 2.20. The van der Waals surface area contributed by atoms with Gasteiger partial charge in [0.1, 0.15) is 6.61 Å². The van der Waals surface area contributed by atoms with Gasteiger partial charge in [0.2, 0.25) is 5.88 Å². The molecule has 0 radical (unpaired) electrons. The van der Waals surface area contributed by atoms with Gasteiger partial charge in [-0.3, -0.25) is 0 Å². The van der Waals surface area contributed by atoms with Crippen molar-refractivity contribution in [3.8, 4) is 5.88 Å². The summed E-state index contributed by atoms with van der Waals surface area (Å²) in [5.74, 6) is 0.728. The number of aryl methyl sites for hydroxylation is 2. The number of hydrogen-bond donors (Lipinski definition) is 1. The summed E-state index contributed by atoms with van der Waals surface area (Å²) in [4.78, 5) is 4.44. The highest BCUT2D eigenvalue weighted by Gasteiger charge is 2.09. The largest absolute Gasteiger partial charge is 0.473 e. The van der Waals surface area contributed by atoms with Gasteiger partial charge in [-0.1, -0.05) is 19.6 Å². The number of nitrogens with zero attached hydrogens (tertiary/aromatic N) is 1. The van der Waals surface area contributed by atoms with Crippen molar-refractivity contribution in [3.05, 3.63) is 35.5 Å². The Bertz CT molecular complexity index is 375. The summed E-state index contributed by atoms with van der Waals surface area (Å²) in [7, 11) is 0. The van der Waals surface area contributed by atoms with Crippen LogP contribution in [0.4, 0.5) is 0 Å². The fourth-order valence-electron chi connectivity index (χ4n) is 1.69. The summed E-state index contributed by atoms with van der Waals surface area (Å²) < 4.78 is 5.61. The van der Waals surface area contributed by atoms with Crippen molar-refractivity contribution in [1.29, 1.82) is 0 Å². The van der Waals surface area contributed by atoms with E-state index in [0.29, 0.717) is 6.61 Å². The number of ether oxygens (including phenoxy) is 1. The van der Waals surface area contributed by atoms with E-state index in [9.17, 15) is 0 Å². The molecule has 0 unspecified atom stereocenters. The molecule has 17 heavy (non-hydrogen) atoms. The van der Waals surface area contributed by atoms with Gasteiger partial charge in [0.25, 0.3) is 0 Å². The zero-order chi connectivity index (χ0) is 12.7. The van der Waals surface area contributed by atoms with E-state index in [1.54, 1.807) is 6.08 Å². The summed E-state index contributed by atoms with van der Waals surface area (Å²) in [5, 5.41) is 3.38. The monoisotopic (exact) mass is 234 g/mol. The van der Waals surface area contributed by atoms with Crippen LogP contribution >= 0.6 is 0 Å². The maximum Gasteiger partial charge on any atom is 0.218 e. The maximum atomic E-state index is 5.61. The Morgan fingerprint density at radius 3 is 2.88 bits per heavy atom. The standard InChI is InChI=1S/C14H22N2O/c1-5-7-15-10-13-11(3)9-12(4)16-14(13)17-8-6-2/h6,9,15H,2,5,7-8,10H2,1,3-4H3. The van der Waals surface area contributed by atoms with Crippen LogP contribution in [0.25, 0.3) is 0 Å². The summed E-state index contributed by atoms with van der Waals surface area (Å²) in [6.07, 6.45) is 2.86. The van der Waals surface area contributed by atoms with E-state index in [1.807, 2.05) is 6.92 Å². The van der Waals surface area contributed by atoms with Crippen LogP contribution in [-0.4, -0.2) is 18.1 Å². The Hall–Kier alpha value is -1.35. The molecule has 0 amide bonds. The fraction of sp³-hybridized carbons (Fsp3) is 0.500. The minimum atomic E-state index is 0.497. The molecular formula is C14H22N2O. The normalized spacial score (nSPS) is 10.3. The fourth-order valence-corrected chi connectivity index (χ4v) is 1.69. The molecule has 3 nitrogen and oxygen atoms in total. The second-order valence-electron chi connectivity index (χ2n) is 4.14. The number of aromatic nitrogens is 1. The van der Waals surface area contributed by atoms with E-state index >= 15 is 0 Å². The molecule has 0 saturated heterocycles. The first-order valence-corrected chi connectivity index (χ1v) is 6.10. The van der Waals surface area contributed by atoms with Crippen molar-refractivity contribution in [2.45, 2.75) is 33.7 Å². The van der Waals surface area contributed by atoms with E-state index < -0.39 is 0 Å². The van der Waals surface area contributed by atoms with Gasteiger partial charge < -0.3 is 10.1 Å². The van der Waals surface area contributed by atoms with E-state index in [1.165, 1.54) is 5.56 Å². The van der Waals surface area contributed by atoms with Gasteiger partial charge in [-0.05, 0) is 38.4 Å². The minimum absolute atomic E-state index is 0.497. The average molecular weight is 234 g/mol. The zero-order valence-electron chi connectivity index (χ0n) is 11.0. The average Bonchev–Trinajstić information content (AvgIpc) is 2.29. The number of nitrogens with one attached hydrogen (secondary N) is 1. The Morgan fingerprint density at radius 2 is 2.24 bits per heavy atom. The molecule has 0 aliphatic rings. The zero-order valence-corrected chi connectivity index (χ0v) is 11.0. The minimum Gasteiger partial charge on any atom is -0.473 e. The predicted octanol–water partition coefficient (Wildman–Crippen LogP) is 2.76. The molecule has 0 aliphatic heterocycles. The quantitative estimate of drug-likeness (QED) is 0.582. The molecule has 0 atom stereocenters. The number of pyridine rings is 1. The van der Waals surface area contributed by atoms with Crippen LogP contribution in [0.5, 0.6) is 5.88 Å². The smallest absolute Gasteiger partial charge is 0.218 e. The third-order valence-corrected chi connectivity index (χ3v) is 2.50. The topological polar surface area (TPSA) is 34.1 Å². The molecule has 1 aromatic rings. The van der Waals surface area contributed by atoms with Crippen LogP contribution in [0, 0.1) is 13.8 Å². The van der Waals surface area contributed by atoms with Gasteiger partial charge in [-0.2, -0.15) is 0 Å². The van der Waals surface area contributed by atoms with E-state index in [-0.39, 0.29) is 0 Å². The van der Waals surface area contributed by atoms with E-state index in [4.69, 9.17) is 4.74 Å². The molecule has 1 rings (SSSR count). The van der Waals surface area contributed by atoms with Gasteiger partial charge in [-0.25, -0.2) is 4.98 Å². The maximum absolute atomic E-state index is 5.61. The molecule has 0 spiro atoms. The lowest BCUT2D eigenvalue weighted by molar-refractivity contribution is 0.342. The molecule has 94 valence electrons. The number of hydrogen-bond acceptors (Lipinski definition) is 3. The summed E-state index contributed by atoms with van der Waals surface area (Å²) >= 11 is 0. The van der Waals surface area contributed by atoms with Crippen LogP contribution in [-0.2, 0) is 6.54 Å². The summed E-state index contributed by atoms with van der Waals surface area (Å²) in [6.45, 7) is 12.2. The molecule has 0 saturated carbocycles. The SMILES string of the molecule is C=CCOc1nc(C)cc(C)c1CNCCC. The van der Waals surface area contributed by atoms with E-state index in [2.05, 4.69) is 36.8 Å². The van der Waals surface area contributed by atoms with Gasteiger partial charge in [0, 0.05) is 17.8 Å². The van der Waals surface area contributed by atoms with Gasteiger partial charge in [0.05, 0.1) is 0 Å². The Labute approximate surface area is 104 Å². The second-order valence-corrected chi connectivity index (χ2v) is 4.14. The molecule has 3 heteroatoms. The van der Waals surface area contributed by atoms with Crippen molar-refractivity contribution in [1.82, 2.24) is 10.3 Å². The molecule has 0 fully saturated rings. The predicted molar refractivity (Wildman–Crippen MR) is 71.4 cm³/mol. The Kier molecular flexibility index (Phi) is 5.70. The lowest BCUT2D eigenvalue weighted by Gasteiger charge is -2.13. The molecule has 1 aromatic heterocycles. The first kappa shape index (κ1) is 13.7. The lowest BCUT2D eigenvalue weighted by Crippen LogP contribution is -2.16. The summed E-state index contributed by atoms with van der Waals surface area (Å²) in [6, 6.07) is 2.09. The Balaban J connectivity index is 2.85. The summed E-state index contributed by atoms with van der Waals surface area (Å²) in [5.41, 5.74) is 3.35. The first-order chi connectivity index (χ1) is 8.19. The van der Waals surface area contributed by atoms with Crippen LogP contribution in [0.3, 0.4) is 0 Å². The van der Waals surface area contributed by atoms with Crippen molar-refractivity contribution >= 4 is 0 Å². The third kappa shape index (κ3) is 4.19. The Morgan fingerprint density at radius 1 is 1.47 bits per heavy atom. The van der Waals surface area contributed by atoms with Gasteiger partial charge >= 0.3 is 0 Å². The highest BCUT2D eigenvalue weighted by atomic mass is 16.5. The van der Waals surface area contributed by atoms with E-state index in [0.717, 1.165) is 36.6 Å². The third-order valence-electron chi connectivity index (χ3n) is 2.50. The van der Waals surface area contributed by atoms with Gasteiger partial charge in [-0.15, -0.1) is 0 Å². The van der Waals surface area contributed by atoms with Crippen LogP contribution in [0.1, 0.15) is 30.2 Å². The molecule has 1 N–H and O–H groups in total. The van der Waals surface area contributed by atoms with Crippen molar-refractivity contribution < 1.29 is 4.74 Å². The van der Waals surface area contributed by atoms with Crippen molar-refractivity contribution in [2.75, 3.05) is 13.2 Å². The molecule has 0 aliphatic carbocycles. The first-order valence-electron chi connectivity index (χ1n) is 6.10. The van der Waals surface area contributed by atoms with Crippen LogP contribution < -0.4 is 10.1 Å². The second kappa shape index (κ2) is 7.07. The molecular weight excluding hydrogens is 212 g/mol. The van der Waals surface area contributed by atoms with Crippen molar-refractivity contribution in [3.63, 3.8) is 0 Å². The molecule has 1 heterocycles. The molecule has 0 aromatic carbocycles. The lowest BCUT2D eigenvalue weighted by atomic mass is 10.1. The highest BCUT2D eigenvalue weighted by molar-refractivity contribution is 5.35. The van der Waals surface area contributed by atoms with Gasteiger partial charge in [0.15, 0.2) is 0 Å². The number of rotatable bonds is 7. The van der Waals surface area contributed by atoms with Crippen molar-refractivity contribution in [2.24, 2.45) is 0 Å². The van der Waals surface area contributed by atoms with Crippen LogP contribution in [0.15, 0.2) is 18.7 Å². The molecule has 0 bridgehead atoms. The van der Waals surface area contributed by atoms with Crippen LogP contribution in [0.2, 0.25) is 0 Å².